The smallest absolute Gasteiger partial charge is 0.443 e. The topological polar surface area (TPSA) is 55.8 Å². The van der Waals surface area contributed by atoms with Crippen LogP contribution in [-0.4, -0.2) is 29.5 Å². The zero-order chi connectivity index (χ0) is 19.1. The number of ether oxygens (including phenoxy) is 2. The largest absolute Gasteiger partial charge is 0.490 e. The maximum Gasteiger partial charge on any atom is 0.443 e. The summed E-state index contributed by atoms with van der Waals surface area (Å²) in [5.74, 6) is -2.28. The van der Waals surface area contributed by atoms with Gasteiger partial charge in [-0.05, 0) is 30.9 Å². The second-order valence-corrected chi connectivity index (χ2v) is 7.14. The Bertz CT molecular complexity index is 757. The Morgan fingerprint density at radius 3 is 2.58 bits per heavy atom. The van der Waals surface area contributed by atoms with Crippen LogP contribution < -0.4 is 9.47 Å². The molecule has 1 saturated carbocycles. The minimum atomic E-state index is -5.18. The maximum absolute atomic E-state index is 13.3. The molecule has 1 N–H and O–H groups in total. The minimum Gasteiger partial charge on any atom is -0.490 e. The van der Waals surface area contributed by atoms with Gasteiger partial charge in [0, 0.05) is 5.56 Å². The van der Waals surface area contributed by atoms with Gasteiger partial charge in [0.15, 0.2) is 11.5 Å². The lowest BCUT2D eigenvalue weighted by atomic mass is 9.97. The van der Waals surface area contributed by atoms with Crippen molar-refractivity contribution in [2.75, 3.05) is 6.61 Å². The number of fused-ring (bicyclic) bond motifs is 1. The fraction of sp³-hybridized carbons (Fsp3) is 0.471. The summed E-state index contributed by atoms with van der Waals surface area (Å²) in [6.07, 6.45) is 0.426. The molecule has 1 atom stereocenters. The van der Waals surface area contributed by atoms with Gasteiger partial charge < -0.3 is 14.6 Å². The number of carbonyl (C=O) groups is 1. The van der Waals surface area contributed by atoms with E-state index in [2.05, 4.69) is 0 Å². The van der Waals surface area contributed by atoms with Crippen molar-refractivity contribution in [3.8, 4) is 11.5 Å². The lowest BCUT2D eigenvalue weighted by Gasteiger charge is -2.33. The molecular formula is C17H15Cl2F3O4. The van der Waals surface area contributed by atoms with Gasteiger partial charge in [0.2, 0.25) is 0 Å². The maximum atomic E-state index is 13.3. The third kappa shape index (κ3) is 3.22. The number of carboxylic acids is 1. The number of aliphatic carboxylic acids is 1. The zero-order valence-electron chi connectivity index (χ0n) is 13.4. The summed E-state index contributed by atoms with van der Waals surface area (Å²) in [5, 5.41) is 8.96. The monoisotopic (exact) mass is 410 g/mol. The number of hydrogen-bond donors (Lipinski definition) is 1. The fourth-order valence-electron chi connectivity index (χ4n) is 3.13. The first-order valence-corrected chi connectivity index (χ1v) is 8.74. The van der Waals surface area contributed by atoms with Crippen LogP contribution >= 0.6 is 23.2 Å². The molecule has 0 bridgehead atoms. The number of halogens is 5. The highest BCUT2D eigenvalue weighted by atomic mass is 35.5. The zero-order valence-corrected chi connectivity index (χ0v) is 14.9. The average Bonchev–Trinajstić information content (AvgIpc) is 3.06. The van der Waals surface area contributed by atoms with E-state index in [9.17, 15) is 18.0 Å². The van der Waals surface area contributed by atoms with Crippen LogP contribution in [0.4, 0.5) is 13.2 Å². The van der Waals surface area contributed by atoms with E-state index >= 15 is 0 Å². The van der Waals surface area contributed by atoms with Crippen molar-refractivity contribution in [2.45, 2.75) is 37.5 Å². The summed E-state index contributed by atoms with van der Waals surface area (Å²) in [6.45, 7) is 0.331. The molecule has 0 saturated heterocycles. The predicted octanol–water partition coefficient (Wildman–Crippen LogP) is 5.35. The molecule has 3 rings (SSSR count). The molecule has 26 heavy (non-hydrogen) atoms. The van der Waals surface area contributed by atoms with Gasteiger partial charge in [-0.3, -0.25) is 0 Å². The van der Waals surface area contributed by atoms with Crippen LogP contribution in [0.1, 0.15) is 31.2 Å². The van der Waals surface area contributed by atoms with Crippen LogP contribution in [0.3, 0.4) is 0 Å². The summed E-state index contributed by atoms with van der Waals surface area (Å²) in [4.78, 5) is 11.3. The van der Waals surface area contributed by atoms with Crippen molar-refractivity contribution in [1.29, 1.82) is 0 Å². The van der Waals surface area contributed by atoms with Crippen molar-refractivity contribution >= 4 is 35.2 Å². The van der Waals surface area contributed by atoms with E-state index in [4.69, 9.17) is 37.8 Å². The summed E-state index contributed by atoms with van der Waals surface area (Å²) < 4.78 is 50.5. The van der Waals surface area contributed by atoms with E-state index in [1.54, 1.807) is 0 Å². The Morgan fingerprint density at radius 2 is 2.00 bits per heavy atom. The van der Waals surface area contributed by atoms with Crippen molar-refractivity contribution in [3.05, 3.63) is 27.8 Å². The highest BCUT2D eigenvalue weighted by molar-refractivity contribution is 6.38. The summed E-state index contributed by atoms with van der Waals surface area (Å²) in [7, 11) is 0. The quantitative estimate of drug-likeness (QED) is 0.726. The van der Waals surface area contributed by atoms with E-state index in [1.807, 2.05) is 0 Å². The van der Waals surface area contributed by atoms with E-state index in [-0.39, 0.29) is 21.4 Å². The van der Waals surface area contributed by atoms with Gasteiger partial charge in [0.05, 0.1) is 11.6 Å². The van der Waals surface area contributed by atoms with E-state index < -0.39 is 23.5 Å². The third-order valence-electron chi connectivity index (χ3n) is 4.60. The Hall–Kier alpha value is -1.60. The fourth-order valence-corrected chi connectivity index (χ4v) is 3.75. The van der Waals surface area contributed by atoms with Gasteiger partial charge in [-0.1, -0.05) is 42.1 Å². The van der Waals surface area contributed by atoms with E-state index in [0.717, 1.165) is 31.8 Å². The Labute approximate surface area is 157 Å². The first-order chi connectivity index (χ1) is 12.2. The number of alkyl halides is 3. The van der Waals surface area contributed by atoms with E-state index in [0.29, 0.717) is 18.6 Å². The number of rotatable bonds is 4. The first-order valence-electron chi connectivity index (χ1n) is 7.99. The van der Waals surface area contributed by atoms with E-state index in [1.165, 1.54) is 6.07 Å². The number of benzene rings is 1. The Kier molecular flexibility index (Phi) is 5.05. The van der Waals surface area contributed by atoms with Gasteiger partial charge in [-0.2, -0.15) is 13.2 Å². The Morgan fingerprint density at radius 1 is 1.35 bits per heavy atom. The Balaban J connectivity index is 1.96. The summed E-state index contributed by atoms with van der Waals surface area (Å²) in [6, 6.07) is 1.34. The minimum absolute atomic E-state index is 0.00394. The van der Waals surface area contributed by atoms with Crippen LogP contribution in [-0.2, 0) is 4.79 Å². The molecule has 1 aliphatic heterocycles. The molecule has 4 nitrogen and oxygen atoms in total. The third-order valence-corrected chi connectivity index (χ3v) is 5.22. The normalized spacial score (nSPS) is 22.8. The van der Waals surface area contributed by atoms with Gasteiger partial charge in [-0.15, -0.1) is 0 Å². The van der Waals surface area contributed by atoms with Crippen LogP contribution in [0, 0.1) is 5.92 Å². The average molecular weight is 411 g/mol. The van der Waals surface area contributed by atoms with Crippen molar-refractivity contribution in [3.63, 3.8) is 0 Å². The van der Waals surface area contributed by atoms with Crippen molar-refractivity contribution < 1.29 is 32.5 Å². The second-order valence-electron chi connectivity index (χ2n) is 6.36. The lowest BCUT2D eigenvalue weighted by Crippen LogP contribution is -2.56. The first kappa shape index (κ1) is 19.2. The summed E-state index contributed by atoms with van der Waals surface area (Å²) in [5.41, 5.74) is -3.37. The molecule has 142 valence electrons. The predicted molar refractivity (Wildman–Crippen MR) is 90.0 cm³/mol. The van der Waals surface area contributed by atoms with Crippen LogP contribution in [0.5, 0.6) is 11.5 Å². The highest BCUT2D eigenvalue weighted by Gasteiger charge is 2.63. The molecule has 1 heterocycles. The highest BCUT2D eigenvalue weighted by Crippen LogP contribution is 2.49. The molecule has 0 aromatic heterocycles. The van der Waals surface area contributed by atoms with Crippen LogP contribution in [0.25, 0.3) is 6.08 Å². The van der Waals surface area contributed by atoms with Gasteiger partial charge in [0.1, 0.15) is 5.02 Å². The lowest BCUT2D eigenvalue weighted by molar-refractivity contribution is -0.235. The number of hydrogen-bond acceptors (Lipinski definition) is 3. The van der Waals surface area contributed by atoms with Crippen molar-refractivity contribution in [1.82, 2.24) is 0 Å². The SMILES string of the molecule is O=C(O)C1(C(F)(F)F)C=Cc2cc(Cl)c(OCC3CCCC3)c(Cl)c2O1. The van der Waals surface area contributed by atoms with Crippen LogP contribution in [0.2, 0.25) is 10.0 Å². The second kappa shape index (κ2) is 6.85. The molecule has 0 spiro atoms. The molecule has 1 fully saturated rings. The molecule has 0 radical (unpaired) electrons. The van der Waals surface area contributed by atoms with Gasteiger partial charge in [0.25, 0.3) is 0 Å². The molecule has 0 amide bonds. The van der Waals surface area contributed by atoms with Crippen molar-refractivity contribution in [2.24, 2.45) is 5.92 Å². The van der Waals surface area contributed by atoms with Crippen LogP contribution in [0.15, 0.2) is 12.1 Å². The molecule has 1 unspecified atom stereocenters. The molecule has 9 heteroatoms. The number of carboxylic acid groups (broad SMARTS) is 1. The summed E-state index contributed by atoms with van der Waals surface area (Å²) >= 11 is 12.3. The molecule has 1 aromatic carbocycles. The molecular weight excluding hydrogens is 396 g/mol. The molecule has 1 aromatic rings. The van der Waals surface area contributed by atoms with Gasteiger partial charge >= 0.3 is 17.7 Å². The molecule has 1 aliphatic carbocycles. The van der Waals surface area contributed by atoms with Gasteiger partial charge in [-0.25, -0.2) is 4.79 Å². The molecule has 2 aliphatic rings. The standard InChI is InChI=1S/C17H15Cl2F3O4/c18-11-7-10-5-6-16(15(23)24,17(20,21)22)26-13(10)12(19)14(11)25-8-9-3-1-2-4-9/h5-7,9H,1-4,8H2,(H,23,24).